The van der Waals surface area contributed by atoms with Gasteiger partial charge >= 0.3 is 0 Å². The lowest BCUT2D eigenvalue weighted by atomic mass is 9.44. The Labute approximate surface area is 193 Å². The summed E-state index contributed by atoms with van der Waals surface area (Å²) in [4.78, 5) is 17.2. The number of amides is 1. The number of rotatable bonds is 3. The number of phenolic OH excluding ortho intramolecular Hbond substituents is 1. The second kappa shape index (κ2) is 6.64. The van der Waals surface area contributed by atoms with Gasteiger partial charge in [0.1, 0.15) is 5.60 Å². The number of piperidine rings is 1. The minimum absolute atomic E-state index is 0.0277. The molecule has 2 aliphatic carbocycles. The molecule has 1 spiro atoms. The fourth-order valence-electron chi connectivity index (χ4n) is 7.56. The topological polar surface area (TPSA) is 86.4 Å². The predicted octanol–water partition coefficient (Wildman–Crippen LogP) is 2.70. The zero-order chi connectivity index (χ0) is 23.2. The molecule has 1 saturated heterocycles. The number of furan rings is 1. The van der Waals surface area contributed by atoms with Gasteiger partial charge in [0.2, 0.25) is 5.91 Å². The Bertz CT molecular complexity index is 1160. The lowest BCUT2D eigenvalue weighted by Gasteiger charge is -2.67. The van der Waals surface area contributed by atoms with E-state index in [1.807, 2.05) is 13.0 Å². The van der Waals surface area contributed by atoms with Crippen LogP contribution in [-0.2, 0) is 16.6 Å². The van der Waals surface area contributed by atoms with Gasteiger partial charge in [0.25, 0.3) is 0 Å². The fraction of sp³-hybridized carbons (Fsp3) is 0.500. The average Bonchev–Trinajstić information content (AvgIpc) is 3.39. The molecule has 2 fully saturated rings. The van der Waals surface area contributed by atoms with Crippen molar-refractivity contribution in [3.63, 3.8) is 0 Å². The molecule has 1 saturated carbocycles. The molecular weight excluding hydrogens is 420 g/mol. The zero-order valence-electron chi connectivity index (χ0n) is 19.2. The Balaban J connectivity index is 1.46. The number of likely N-dealkylation sites (N-methyl/N-ethyl adjacent to an activating group) is 2. The number of phenols is 1. The summed E-state index contributed by atoms with van der Waals surface area (Å²) < 4.78 is 11.8. The van der Waals surface area contributed by atoms with Crippen LogP contribution in [-0.4, -0.2) is 69.8 Å². The van der Waals surface area contributed by atoms with Crippen LogP contribution in [0.2, 0.25) is 0 Å². The second-order valence-electron chi connectivity index (χ2n) is 10.3. The van der Waals surface area contributed by atoms with Crippen LogP contribution in [0.1, 0.15) is 42.9 Å². The molecule has 4 aliphatic rings. The smallest absolute Gasteiger partial charge is 0.246 e. The van der Waals surface area contributed by atoms with Crippen molar-refractivity contribution in [2.24, 2.45) is 0 Å². The first-order valence-electron chi connectivity index (χ1n) is 11.7. The van der Waals surface area contributed by atoms with E-state index in [1.54, 1.807) is 48.8 Å². The summed E-state index contributed by atoms with van der Waals surface area (Å²) in [5.74, 6) is 0.456. The van der Waals surface area contributed by atoms with Crippen LogP contribution in [0, 0.1) is 0 Å². The van der Waals surface area contributed by atoms with Gasteiger partial charge in [-0.25, -0.2) is 0 Å². The first-order chi connectivity index (χ1) is 15.7. The molecule has 174 valence electrons. The van der Waals surface area contributed by atoms with E-state index in [-0.39, 0.29) is 23.7 Å². The van der Waals surface area contributed by atoms with E-state index < -0.39 is 16.6 Å². The van der Waals surface area contributed by atoms with Gasteiger partial charge in [-0.3, -0.25) is 4.79 Å². The number of benzene rings is 1. The van der Waals surface area contributed by atoms with Crippen LogP contribution in [0.4, 0.5) is 0 Å². The third-order valence-electron chi connectivity index (χ3n) is 9.10. The van der Waals surface area contributed by atoms with E-state index in [0.717, 1.165) is 29.7 Å². The van der Waals surface area contributed by atoms with Crippen molar-refractivity contribution in [1.82, 2.24) is 9.80 Å². The summed E-state index contributed by atoms with van der Waals surface area (Å²) in [5, 5.41) is 23.1. The minimum Gasteiger partial charge on any atom is -0.504 e. The summed E-state index contributed by atoms with van der Waals surface area (Å²) in [6.45, 7) is 2.85. The van der Waals surface area contributed by atoms with Crippen molar-refractivity contribution in [1.29, 1.82) is 0 Å². The first kappa shape index (κ1) is 20.8. The number of carbonyl (C=O) groups excluding carboxylic acids is 1. The molecule has 1 aromatic carbocycles. The molecule has 2 bridgehead atoms. The number of carbonyl (C=O) groups is 1. The average molecular weight is 451 g/mol. The highest BCUT2D eigenvalue weighted by Gasteiger charge is 2.77. The van der Waals surface area contributed by atoms with Gasteiger partial charge in [0.05, 0.1) is 29.6 Å². The number of aromatic hydroxyl groups is 1. The van der Waals surface area contributed by atoms with E-state index in [4.69, 9.17) is 9.15 Å². The van der Waals surface area contributed by atoms with Crippen molar-refractivity contribution < 1.29 is 24.2 Å². The van der Waals surface area contributed by atoms with Crippen LogP contribution in [0.3, 0.4) is 0 Å². The van der Waals surface area contributed by atoms with E-state index in [1.165, 1.54) is 0 Å². The van der Waals surface area contributed by atoms with E-state index in [2.05, 4.69) is 11.9 Å². The van der Waals surface area contributed by atoms with Gasteiger partial charge < -0.3 is 29.2 Å². The molecule has 6 rings (SSSR count). The number of nitrogens with zero attached hydrogens (tertiary/aromatic N) is 2. The molecule has 2 unspecified atom stereocenters. The standard InChI is InChI=1S/C26H30N2O5/c1-24-19(28(3)21(30)7-4-16-9-13-32-15-16)8-10-26(31)20-14-17-5-6-18(29)23(33-24)22(17)25(24,26)11-12-27(20)2/h4-7,9,13,15,19-20,29,31H,8,10-12,14H2,1-3H3/b7-4+/t19?,20-,24?,25+,26-/m1/s1. The van der Waals surface area contributed by atoms with Crippen LogP contribution in [0.25, 0.3) is 6.08 Å². The molecule has 33 heavy (non-hydrogen) atoms. The van der Waals surface area contributed by atoms with Crippen LogP contribution < -0.4 is 4.74 Å². The molecule has 2 aromatic rings. The third-order valence-corrected chi connectivity index (χ3v) is 9.10. The van der Waals surface area contributed by atoms with E-state index >= 15 is 0 Å². The monoisotopic (exact) mass is 450 g/mol. The van der Waals surface area contributed by atoms with Gasteiger partial charge in [0.15, 0.2) is 11.5 Å². The lowest BCUT2D eigenvalue weighted by Crippen LogP contribution is -2.81. The lowest BCUT2D eigenvalue weighted by molar-refractivity contribution is -0.226. The zero-order valence-corrected chi connectivity index (χ0v) is 19.2. The molecule has 0 radical (unpaired) electrons. The van der Waals surface area contributed by atoms with Crippen molar-refractivity contribution in [2.45, 2.75) is 61.3 Å². The highest BCUT2D eigenvalue weighted by Crippen LogP contribution is 2.69. The molecular formula is C26H30N2O5. The Morgan fingerprint density at radius 2 is 2.12 bits per heavy atom. The van der Waals surface area contributed by atoms with Gasteiger partial charge in [-0.2, -0.15) is 0 Å². The van der Waals surface area contributed by atoms with Crippen molar-refractivity contribution in [3.05, 3.63) is 53.5 Å². The molecule has 5 atom stereocenters. The SMILES string of the molecule is CN(C(=O)/C=C/c1ccoc1)C1CC[C@@]2(O)[C@H]3Cc4ccc(O)c5c4[C@@]2(CCN3C)C1(C)O5. The van der Waals surface area contributed by atoms with Crippen LogP contribution in [0.15, 0.2) is 41.2 Å². The van der Waals surface area contributed by atoms with E-state index in [9.17, 15) is 15.0 Å². The van der Waals surface area contributed by atoms with Gasteiger partial charge in [-0.1, -0.05) is 6.07 Å². The first-order valence-corrected chi connectivity index (χ1v) is 11.7. The normalized spacial score (nSPS) is 36.5. The Morgan fingerprint density at radius 1 is 1.30 bits per heavy atom. The van der Waals surface area contributed by atoms with Gasteiger partial charge in [-0.05, 0) is 70.0 Å². The van der Waals surface area contributed by atoms with Crippen molar-refractivity contribution in [3.8, 4) is 11.5 Å². The van der Waals surface area contributed by atoms with Crippen molar-refractivity contribution >= 4 is 12.0 Å². The molecule has 3 heterocycles. The molecule has 7 heteroatoms. The highest BCUT2D eigenvalue weighted by atomic mass is 16.5. The predicted molar refractivity (Wildman–Crippen MR) is 122 cm³/mol. The summed E-state index contributed by atoms with van der Waals surface area (Å²) in [6, 6.07) is 5.18. The fourth-order valence-corrected chi connectivity index (χ4v) is 7.56. The Kier molecular flexibility index (Phi) is 4.19. The number of aliphatic hydroxyl groups is 1. The maximum absolute atomic E-state index is 13.2. The maximum Gasteiger partial charge on any atom is 0.246 e. The second-order valence-corrected chi connectivity index (χ2v) is 10.3. The summed E-state index contributed by atoms with van der Waals surface area (Å²) >= 11 is 0. The highest BCUT2D eigenvalue weighted by molar-refractivity contribution is 5.92. The van der Waals surface area contributed by atoms with Crippen LogP contribution >= 0.6 is 0 Å². The summed E-state index contributed by atoms with van der Waals surface area (Å²) in [7, 11) is 3.89. The van der Waals surface area contributed by atoms with Crippen molar-refractivity contribution in [2.75, 3.05) is 20.6 Å². The maximum atomic E-state index is 13.2. The van der Waals surface area contributed by atoms with Gasteiger partial charge in [0, 0.05) is 30.3 Å². The molecule has 7 nitrogen and oxygen atoms in total. The molecule has 2 aliphatic heterocycles. The largest absolute Gasteiger partial charge is 0.504 e. The quantitative estimate of drug-likeness (QED) is 0.700. The Hall–Kier alpha value is -2.77. The molecule has 1 amide bonds. The van der Waals surface area contributed by atoms with Crippen LogP contribution in [0.5, 0.6) is 11.5 Å². The third kappa shape index (κ3) is 2.39. The number of ether oxygens (including phenoxy) is 1. The number of hydrogen-bond acceptors (Lipinski definition) is 6. The molecule has 2 N–H and O–H groups in total. The Morgan fingerprint density at radius 3 is 2.88 bits per heavy atom. The number of likely N-dealkylation sites (tertiary alicyclic amines) is 1. The van der Waals surface area contributed by atoms with E-state index in [0.29, 0.717) is 25.0 Å². The molecule has 1 aromatic heterocycles. The number of hydrogen-bond donors (Lipinski definition) is 2. The summed E-state index contributed by atoms with van der Waals surface area (Å²) in [5.41, 5.74) is 0.352. The minimum atomic E-state index is -0.992. The van der Waals surface area contributed by atoms with Gasteiger partial charge in [-0.15, -0.1) is 0 Å². The summed E-state index contributed by atoms with van der Waals surface area (Å²) in [6.07, 6.45) is 9.08.